The molecule has 1 fully saturated rings. The summed E-state index contributed by atoms with van der Waals surface area (Å²) >= 11 is 0. The predicted molar refractivity (Wildman–Crippen MR) is 84.3 cm³/mol. The molecule has 0 radical (unpaired) electrons. The summed E-state index contributed by atoms with van der Waals surface area (Å²) in [4.78, 5) is 0. The summed E-state index contributed by atoms with van der Waals surface area (Å²) < 4.78 is 6.02. The van der Waals surface area contributed by atoms with E-state index < -0.39 is 0 Å². The molecule has 2 aromatic rings. The first kappa shape index (κ1) is 13.4. The first-order valence-corrected chi connectivity index (χ1v) is 7.70. The normalized spacial score (nSPS) is 16.2. The third-order valence-corrected chi connectivity index (χ3v) is 3.86. The highest BCUT2D eigenvalue weighted by Gasteiger charge is 2.19. The fourth-order valence-corrected chi connectivity index (χ4v) is 2.52. The second-order valence-electron chi connectivity index (χ2n) is 5.81. The maximum atomic E-state index is 6.02. The van der Waals surface area contributed by atoms with E-state index in [0.29, 0.717) is 0 Å². The average Bonchev–Trinajstić information content (AvgIpc) is 3.28. The fraction of sp³-hybridized carbons (Fsp3) is 0.444. The van der Waals surface area contributed by atoms with Crippen molar-refractivity contribution in [3.8, 4) is 5.75 Å². The van der Waals surface area contributed by atoms with Gasteiger partial charge >= 0.3 is 0 Å². The van der Waals surface area contributed by atoms with E-state index in [2.05, 4.69) is 54.7 Å². The minimum atomic E-state index is 0.275. The van der Waals surface area contributed by atoms with Gasteiger partial charge in [0.2, 0.25) is 0 Å². The molecule has 106 valence electrons. The van der Waals surface area contributed by atoms with Crippen LogP contribution in [0.4, 0.5) is 0 Å². The number of nitrogens with one attached hydrogen (secondary N) is 1. The summed E-state index contributed by atoms with van der Waals surface area (Å²) in [5.41, 5.74) is 0. The number of benzene rings is 2. The van der Waals surface area contributed by atoms with Gasteiger partial charge in [0, 0.05) is 6.04 Å². The van der Waals surface area contributed by atoms with Crippen molar-refractivity contribution >= 4 is 10.8 Å². The zero-order valence-electron chi connectivity index (χ0n) is 12.1. The molecule has 0 heterocycles. The maximum Gasteiger partial charge on any atom is 0.120 e. The van der Waals surface area contributed by atoms with Crippen molar-refractivity contribution in [1.29, 1.82) is 0 Å². The molecule has 2 aromatic carbocycles. The van der Waals surface area contributed by atoms with Crippen LogP contribution in [0.1, 0.15) is 32.6 Å². The predicted octanol–water partition coefficient (Wildman–Crippen LogP) is 4.14. The van der Waals surface area contributed by atoms with Gasteiger partial charge in [0.05, 0.1) is 6.10 Å². The van der Waals surface area contributed by atoms with Crippen molar-refractivity contribution in [2.45, 2.75) is 44.8 Å². The number of fused-ring (bicyclic) bond motifs is 1. The molecule has 20 heavy (non-hydrogen) atoms. The number of rotatable bonds is 7. The average molecular weight is 269 g/mol. The van der Waals surface area contributed by atoms with Gasteiger partial charge in [0.1, 0.15) is 5.75 Å². The highest BCUT2D eigenvalue weighted by Crippen LogP contribution is 2.22. The highest BCUT2D eigenvalue weighted by molar-refractivity contribution is 5.83. The first-order chi connectivity index (χ1) is 9.81. The minimum Gasteiger partial charge on any atom is -0.491 e. The summed E-state index contributed by atoms with van der Waals surface area (Å²) in [7, 11) is 0. The number of hydrogen-bond acceptors (Lipinski definition) is 2. The largest absolute Gasteiger partial charge is 0.491 e. The molecular formula is C18H23NO. The van der Waals surface area contributed by atoms with Gasteiger partial charge in [-0.2, -0.15) is 0 Å². The Hall–Kier alpha value is -1.54. The van der Waals surface area contributed by atoms with Crippen molar-refractivity contribution in [2.75, 3.05) is 6.54 Å². The summed E-state index contributed by atoms with van der Waals surface area (Å²) in [6.45, 7) is 3.28. The molecule has 0 aliphatic heterocycles. The Morgan fingerprint density at radius 1 is 1.15 bits per heavy atom. The quantitative estimate of drug-likeness (QED) is 0.763. The Kier molecular flexibility index (Phi) is 4.22. The van der Waals surface area contributed by atoms with Crippen molar-refractivity contribution in [3.63, 3.8) is 0 Å². The lowest BCUT2D eigenvalue weighted by Gasteiger charge is -2.15. The third kappa shape index (κ3) is 3.73. The van der Waals surface area contributed by atoms with Gasteiger partial charge in [0.15, 0.2) is 0 Å². The molecular weight excluding hydrogens is 246 g/mol. The standard InChI is InChI=1S/C18H23NO/c1-14(5-4-12-19-17-9-10-17)20-18-11-8-15-6-2-3-7-16(15)13-18/h2-3,6-8,11,13-14,17,19H,4-5,9-10,12H2,1H3. The van der Waals surface area contributed by atoms with E-state index in [1.807, 2.05) is 0 Å². The zero-order valence-corrected chi connectivity index (χ0v) is 12.1. The topological polar surface area (TPSA) is 21.3 Å². The van der Waals surface area contributed by atoms with Crippen LogP contribution < -0.4 is 10.1 Å². The van der Waals surface area contributed by atoms with Crippen LogP contribution in [-0.2, 0) is 0 Å². The Morgan fingerprint density at radius 2 is 1.95 bits per heavy atom. The van der Waals surface area contributed by atoms with E-state index in [-0.39, 0.29) is 6.10 Å². The summed E-state index contributed by atoms with van der Waals surface area (Å²) in [6.07, 6.45) is 5.29. The van der Waals surface area contributed by atoms with Crippen molar-refractivity contribution in [1.82, 2.24) is 5.32 Å². The molecule has 0 saturated heterocycles. The van der Waals surface area contributed by atoms with Gasteiger partial charge in [-0.25, -0.2) is 0 Å². The van der Waals surface area contributed by atoms with Gasteiger partial charge in [-0.3, -0.25) is 0 Å². The van der Waals surface area contributed by atoms with Crippen molar-refractivity contribution < 1.29 is 4.74 Å². The molecule has 0 aromatic heterocycles. The van der Waals surface area contributed by atoms with Crippen molar-refractivity contribution in [2.24, 2.45) is 0 Å². The molecule has 0 spiro atoms. The second kappa shape index (κ2) is 6.27. The summed E-state index contributed by atoms with van der Waals surface area (Å²) in [6, 6.07) is 15.5. The van der Waals surface area contributed by atoms with E-state index in [9.17, 15) is 0 Å². The molecule has 1 unspecified atom stereocenters. The first-order valence-electron chi connectivity index (χ1n) is 7.70. The molecule has 2 heteroatoms. The fourth-order valence-electron chi connectivity index (χ4n) is 2.52. The zero-order chi connectivity index (χ0) is 13.8. The summed E-state index contributed by atoms with van der Waals surface area (Å²) in [5, 5.41) is 6.05. The molecule has 0 amide bonds. The van der Waals surface area contributed by atoms with Crippen LogP contribution in [0.25, 0.3) is 10.8 Å². The molecule has 1 saturated carbocycles. The third-order valence-electron chi connectivity index (χ3n) is 3.86. The highest BCUT2D eigenvalue weighted by atomic mass is 16.5. The molecule has 1 aliphatic carbocycles. The second-order valence-corrected chi connectivity index (χ2v) is 5.81. The summed E-state index contributed by atoms with van der Waals surface area (Å²) in [5.74, 6) is 0.978. The van der Waals surface area contributed by atoms with Crippen molar-refractivity contribution in [3.05, 3.63) is 42.5 Å². The monoisotopic (exact) mass is 269 g/mol. The molecule has 1 N–H and O–H groups in total. The van der Waals surface area contributed by atoms with Crippen LogP contribution in [-0.4, -0.2) is 18.7 Å². The lowest BCUT2D eigenvalue weighted by atomic mass is 10.1. The van der Waals surface area contributed by atoms with Gasteiger partial charge in [-0.1, -0.05) is 30.3 Å². The van der Waals surface area contributed by atoms with Crippen LogP contribution in [0.2, 0.25) is 0 Å². The van der Waals surface area contributed by atoms with Crippen LogP contribution >= 0.6 is 0 Å². The van der Waals surface area contributed by atoms with Crippen LogP contribution in [0, 0.1) is 0 Å². The molecule has 3 rings (SSSR count). The Bertz CT molecular complexity index is 562. The van der Waals surface area contributed by atoms with Crippen LogP contribution in [0.5, 0.6) is 5.75 Å². The Morgan fingerprint density at radius 3 is 2.75 bits per heavy atom. The smallest absolute Gasteiger partial charge is 0.120 e. The van der Waals surface area contributed by atoms with Crippen LogP contribution in [0.3, 0.4) is 0 Å². The van der Waals surface area contributed by atoms with E-state index in [1.165, 1.54) is 30.0 Å². The van der Waals surface area contributed by atoms with E-state index >= 15 is 0 Å². The lowest BCUT2D eigenvalue weighted by Crippen LogP contribution is -2.20. The Balaban J connectivity index is 1.49. The maximum absolute atomic E-state index is 6.02. The van der Waals surface area contributed by atoms with Gasteiger partial charge < -0.3 is 10.1 Å². The molecule has 0 bridgehead atoms. The lowest BCUT2D eigenvalue weighted by molar-refractivity contribution is 0.207. The van der Waals surface area contributed by atoms with Gasteiger partial charge in [-0.05, 0) is 62.1 Å². The van der Waals surface area contributed by atoms with Crippen LogP contribution in [0.15, 0.2) is 42.5 Å². The number of hydrogen-bond donors (Lipinski definition) is 1. The molecule has 2 nitrogen and oxygen atoms in total. The Labute approximate surface area is 121 Å². The molecule has 1 atom stereocenters. The van der Waals surface area contributed by atoms with E-state index in [4.69, 9.17) is 4.74 Å². The van der Waals surface area contributed by atoms with E-state index in [1.54, 1.807) is 0 Å². The SMILES string of the molecule is CC(CCCNC1CC1)Oc1ccc2ccccc2c1. The number of ether oxygens (including phenoxy) is 1. The minimum absolute atomic E-state index is 0.275. The van der Waals surface area contributed by atoms with Gasteiger partial charge in [0.25, 0.3) is 0 Å². The van der Waals surface area contributed by atoms with Gasteiger partial charge in [-0.15, -0.1) is 0 Å². The van der Waals surface area contributed by atoms with E-state index in [0.717, 1.165) is 24.8 Å². The molecule has 1 aliphatic rings.